The second kappa shape index (κ2) is 8.63. The molecule has 2 saturated carbocycles. The minimum atomic E-state index is -0.490. The molecular formula is C21H30N6O2S. The first kappa shape index (κ1) is 19.9. The third-order valence-corrected chi connectivity index (χ3v) is 7.64. The van der Waals surface area contributed by atoms with Crippen LogP contribution >= 0.6 is 11.3 Å². The van der Waals surface area contributed by atoms with Crippen molar-refractivity contribution in [2.75, 3.05) is 23.3 Å². The van der Waals surface area contributed by atoms with Gasteiger partial charge in [-0.1, -0.05) is 24.2 Å². The van der Waals surface area contributed by atoms with Gasteiger partial charge < -0.3 is 15.3 Å². The number of aromatic nitrogens is 4. The minimum Gasteiger partial charge on any atom is -0.391 e. The molecule has 9 heteroatoms. The van der Waals surface area contributed by atoms with Gasteiger partial charge >= 0.3 is 0 Å². The zero-order valence-electron chi connectivity index (χ0n) is 17.2. The standard InChI is InChI=1S/C21H30N6O2S/c28-17-7-2-1-6-16(17)27-19(29)11-10-18(25-27)26-12-4-3-5-15(26)13-22-21-24-23-20(30-21)14-8-9-14/h10-11,14-17,28H,1-9,12-13H2,(H,22,24). The number of nitrogens with one attached hydrogen (secondary N) is 1. The van der Waals surface area contributed by atoms with E-state index in [0.717, 1.165) is 67.6 Å². The van der Waals surface area contributed by atoms with Gasteiger partial charge in [-0.3, -0.25) is 4.79 Å². The van der Waals surface area contributed by atoms with Crippen LogP contribution in [-0.4, -0.2) is 50.3 Å². The normalized spacial score (nSPS) is 27.2. The molecule has 162 valence electrons. The lowest BCUT2D eigenvalue weighted by Crippen LogP contribution is -2.45. The van der Waals surface area contributed by atoms with Crippen molar-refractivity contribution < 1.29 is 5.11 Å². The number of rotatable bonds is 6. The summed E-state index contributed by atoms with van der Waals surface area (Å²) in [6.07, 6.45) is 8.96. The number of aliphatic hydroxyl groups is 1. The molecule has 2 aromatic heterocycles. The Morgan fingerprint density at radius 3 is 2.73 bits per heavy atom. The Balaban J connectivity index is 1.32. The Morgan fingerprint density at radius 2 is 1.90 bits per heavy atom. The summed E-state index contributed by atoms with van der Waals surface area (Å²) < 4.78 is 1.53. The average molecular weight is 431 g/mol. The van der Waals surface area contributed by atoms with Crippen molar-refractivity contribution in [3.05, 3.63) is 27.5 Å². The summed E-state index contributed by atoms with van der Waals surface area (Å²) >= 11 is 1.67. The molecule has 3 atom stereocenters. The highest BCUT2D eigenvalue weighted by atomic mass is 32.1. The van der Waals surface area contributed by atoms with Crippen LogP contribution in [0.3, 0.4) is 0 Å². The number of anilines is 2. The molecule has 0 bridgehead atoms. The molecule has 1 aliphatic heterocycles. The molecule has 3 fully saturated rings. The van der Waals surface area contributed by atoms with Crippen LogP contribution in [0.4, 0.5) is 10.9 Å². The summed E-state index contributed by atoms with van der Waals surface area (Å²) in [7, 11) is 0. The lowest BCUT2D eigenvalue weighted by molar-refractivity contribution is 0.0669. The van der Waals surface area contributed by atoms with Gasteiger partial charge in [-0.05, 0) is 51.0 Å². The van der Waals surface area contributed by atoms with Crippen LogP contribution in [0.2, 0.25) is 0 Å². The van der Waals surface area contributed by atoms with Crippen molar-refractivity contribution >= 4 is 22.3 Å². The molecule has 8 nitrogen and oxygen atoms in total. The maximum absolute atomic E-state index is 12.5. The molecule has 2 N–H and O–H groups in total. The summed E-state index contributed by atoms with van der Waals surface area (Å²) in [5.41, 5.74) is -0.127. The first-order valence-corrected chi connectivity index (χ1v) is 12.1. The van der Waals surface area contributed by atoms with Gasteiger partial charge in [-0.15, -0.1) is 10.2 Å². The van der Waals surface area contributed by atoms with E-state index in [2.05, 4.69) is 20.4 Å². The second-order valence-corrected chi connectivity index (χ2v) is 9.85. The van der Waals surface area contributed by atoms with Gasteiger partial charge in [-0.25, -0.2) is 4.68 Å². The topological polar surface area (TPSA) is 96.2 Å². The molecule has 30 heavy (non-hydrogen) atoms. The van der Waals surface area contributed by atoms with Gasteiger partial charge in [0.05, 0.1) is 12.1 Å². The van der Waals surface area contributed by atoms with Gasteiger partial charge in [0.25, 0.3) is 5.56 Å². The fourth-order valence-corrected chi connectivity index (χ4v) is 5.62. The molecule has 0 amide bonds. The van der Waals surface area contributed by atoms with Crippen molar-refractivity contribution in [3.63, 3.8) is 0 Å². The van der Waals surface area contributed by atoms with E-state index in [-0.39, 0.29) is 11.6 Å². The molecule has 5 rings (SSSR count). The smallest absolute Gasteiger partial charge is 0.267 e. The lowest BCUT2D eigenvalue weighted by atomic mass is 9.93. The van der Waals surface area contributed by atoms with E-state index in [4.69, 9.17) is 5.10 Å². The zero-order valence-corrected chi connectivity index (χ0v) is 18.1. The van der Waals surface area contributed by atoms with Gasteiger partial charge in [0.2, 0.25) is 5.13 Å². The first-order valence-electron chi connectivity index (χ1n) is 11.3. The first-order chi connectivity index (χ1) is 14.7. The Labute approximate surface area is 180 Å². The molecule has 3 unspecified atom stereocenters. The predicted molar refractivity (Wildman–Crippen MR) is 117 cm³/mol. The summed E-state index contributed by atoms with van der Waals surface area (Å²) in [4.78, 5) is 14.8. The highest BCUT2D eigenvalue weighted by molar-refractivity contribution is 7.15. The third-order valence-electron chi connectivity index (χ3n) is 6.60. The highest BCUT2D eigenvalue weighted by Gasteiger charge is 2.30. The van der Waals surface area contributed by atoms with E-state index in [1.807, 2.05) is 6.07 Å². The molecular weight excluding hydrogens is 400 g/mol. The van der Waals surface area contributed by atoms with Crippen molar-refractivity contribution in [2.45, 2.75) is 81.9 Å². The van der Waals surface area contributed by atoms with E-state index in [9.17, 15) is 9.90 Å². The number of hydrogen-bond donors (Lipinski definition) is 2. The Hall–Kier alpha value is -2.00. The SMILES string of the molecule is O=c1ccc(N2CCCCC2CNc2nnc(C3CC3)s2)nn1C1CCCCC1O. The van der Waals surface area contributed by atoms with Crippen LogP contribution < -0.4 is 15.8 Å². The van der Waals surface area contributed by atoms with E-state index in [1.54, 1.807) is 17.4 Å². The summed E-state index contributed by atoms with van der Waals surface area (Å²) in [5.74, 6) is 1.46. The number of hydrogen-bond acceptors (Lipinski definition) is 8. The van der Waals surface area contributed by atoms with Crippen LogP contribution in [0.15, 0.2) is 16.9 Å². The van der Waals surface area contributed by atoms with Gasteiger partial charge in [0.15, 0.2) is 0 Å². The van der Waals surface area contributed by atoms with Gasteiger partial charge in [0.1, 0.15) is 10.8 Å². The molecule has 0 radical (unpaired) electrons. The van der Waals surface area contributed by atoms with Crippen LogP contribution in [0.5, 0.6) is 0 Å². The van der Waals surface area contributed by atoms with Crippen molar-refractivity contribution in [3.8, 4) is 0 Å². The van der Waals surface area contributed by atoms with Crippen molar-refractivity contribution in [2.24, 2.45) is 0 Å². The summed E-state index contributed by atoms with van der Waals surface area (Å²) in [6, 6.07) is 3.52. The molecule has 3 aliphatic rings. The second-order valence-electron chi connectivity index (χ2n) is 8.84. The van der Waals surface area contributed by atoms with E-state index in [0.29, 0.717) is 12.0 Å². The number of nitrogens with zero attached hydrogens (tertiary/aromatic N) is 5. The van der Waals surface area contributed by atoms with Crippen LogP contribution in [-0.2, 0) is 0 Å². The number of piperidine rings is 1. The van der Waals surface area contributed by atoms with Gasteiger partial charge in [0, 0.05) is 31.1 Å². The number of aliphatic hydroxyl groups excluding tert-OH is 1. The average Bonchev–Trinajstić information content (AvgIpc) is 3.51. The molecule has 2 aliphatic carbocycles. The molecule has 2 aromatic rings. The van der Waals surface area contributed by atoms with Crippen molar-refractivity contribution in [1.29, 1.82) is 0 Å². The Morgan fingerprint density at radius 1 is 1.07 bits per heavy atom. The van der Waals surface area contributed by atoms with Crippen LogP contribution in [0.1, 0.15) is 74.8 Å². The monoisotopic (exact) mass is 430 g/mol. The van der Waals surface area contributed by atoms with Crippen LogP contribution in [0, 0.1) is 0 Å². The largest absolute Gasteiger partial charge is 0.391 e. The van der Waals surface area contributed by atoms with Gasteiger partial charge in [-0.2, -0.15) is 5.10 Å². The van der Waals surface area contributed by atoms with E-state index < -0.39 is 6.10 Å². The fourth-order valence-electron chi connectivity index (χ4n) is 4.70. The molecule has 0 spiro atoms. The zero-order chi connectivity index (χ0) is 20.5. The van der Waals surface area contributed by atoms with Crippen molar-refractivity contribution in [1.82, 2.24) is 20.0 Å². The molecule has 1 saturated heterocycles. The minimum absolute atomic E-state index is 0.127. The molecule has 3 heterocycles. The van der Waals surface area contributed by atoms with E-state index >= 15 is 0 Å². The van der Waals surface area contributed by atoms with E-state index in [1.165, 1.54) is 23.9 Å². The highest BCUT2D eigenvalue weighted by Crippen LogP contribution is 2.42. The summed E-state index contributed by atoms with van der Waals surface area (Å²) in [6.45, 7) is 1.71. The van der Waals surface area contributed by atoms with Crippen LogP contribution in [0.25, 0.3) is 0 Å². The Kier molecular flexibility index (Phi) is 5.73. The third kappa shape index (κ3) is 4.23. The maximum atomic E-state index is 12.5. The lowest BCUT2D eigenvalue weighted by Gasteiger charge is -2.37. The molecule has 0 aromatic carbocycles. The fraction of sp³-hybridized carbons (Fsp3) is 0.714. The maximum Gasteiger partial charge on any atom is 0.267 e. The predicted octanol–water partition coefficient (Wildman–Crippen LogP) is 2.92. The Bertz CT molecular complexity index is 926. The summed E-state index contributed by atoms with van der Waals surface area (Å²) in [5, 5.41) is 29.3. The quantitative estimate of drug-likeness (QED) is 0.727.